The van der Waals surface area contributed by atoms with E-state index in [0.29, 0.717) is 18.2 Å². The lowest BCUT2D eigenvalue weighted by molar-refractivity contribution is 0.349. The fourth-order valence-corrected chi connectivity index (χ4v) is 2.14. The normalized spacial score (nSPS) is 10.5. The quantitative estimate of drug-likeness (QED) is 0.826. The van der Waals surface area contributed by atoms with Crippen LogP contribution in [0.15, 0.2) is 16.2 Å². The maximum Gasteiger partial charge on any atom is 0.299 e. The standard InChI is InChI=1S/C11H13N3O2S/c1-7-4-10(15)14(11(12-7)16-3)5-9-6-17-8(2)13-9/h4,6H,5H2,1-3H3. The number of hydrogen-bond acceptors (Lipinski definition) is 5. The number of hydrogen-bond donors (Lipinski definition) is 0. The Hall–Kier alpha value is -1.69. The molecule has 0 unspecified atom stereocenters. The monoisotopic (exact) mass is 251 g/mol. The summed E-state index contributed by atoms with van der Waals surface area (Å²) in [6.07, 6.45) is 0. The smallest absolute Gasteiger partial charge is 0.299 e. The highest BCUT2D eigenvalue weighted by molar-refractivity contribution is 7.09. The van der Waals surface area contributed by atoms with E-state index in [4.69, 9.17) is 4.74 Å². The highest BCUT2D eigenvalue weighted by Gasteiger charge is 2.09. The number of ether oxygens (including phenoxy) is 1. The molecule has 90 valence electrons. The molecule has 0 aromatic carbocycles. The molecule has 0 spiro atoms. The molecule has 0 aliphatic carbocycles. The molecule has 6 heteroatoms. The van der Waals surface area contributed by atoms with Crippen molar-refractivity contribution in [2.75, 3.05) is 7.11 Å². The molecule has 2 rings (SSSR count). The first kappa shape index (κ1) is 11.8. The van der Waals surface area contributed by atoms with Gasteiger partial charge in [-0.15, -0.1) is 11.3 Å². The first-order valence-electron chi connectivity index (χ1n) is 5.13. The predicted molar refractivity (Wildman–Crippen MR) is 65.7 cm³/mol. The molecule has 0 saturated carbocycles. The van der Waals surface area contributed by atoms with Crippen LogP contribution in [0.2, 0.25) is 0 Å². The highest BCUT2D eigenvalue weighted by Crippen LogP contribution is 2.11. The fourth-order valence-electron chi connectivity index (χ4n) is 1.54. The highest BCUT2D eigenvalue weighted by atomic mass is 32.1. The molecule has 0 N–H and O–H groups in total. The summed E-state index contributed by atoms with van der Waals surface area (Å²) in [5, 5.41) is 2.91. The number of aromatic nitrogens is 3. The van der Waals surface area contributed by atoms with Crippen LogP contribution < -0.4 is 10.3 Å². The van der Waals surface area contributed by atoms with Gasteiger partial charge >= 0.3 is 0 Å². The average molecular weight is 251 g/mol. The molecule has 5 nitrogen and oxygen atoms in total. The van der Waals surface area contributed by atoms with Crippen molar-refractivity contribution in [2.24, 2.45) is 0 Å². The summed E-state index contributed by atoms with van der Waals surface area (Å²) in [6.45, 7) is 4.09. The molecule has 2 heterocycles. The molecule has 0 saturated heterocycles. The molecule has 0 radical (unpaired) electrons. The van der Waals surface area contributed by atoms with Gasteiger partial charge in [-0.3, -0.25) is 9.36 Å². The first-order valence-corrected chi connectivity index (χ1v) is 6.01. The summed E-state index contributed by atoms with van der Waals surface area (Å²) >= 11 is 1.56. The van der Waals surface area contributed by atoms with Gasteiger partial charge in [0.15, 0.2) is 0 Å². The van der Waals surface area contributed by atoms with Crippen LogP contribution >= 0.6 is 11.3 Å². The predicted octanol–water partition coefficient (Wildman–Crippen LogP) is 1.37. The summed E-state index contributed by atoms with van der Waals surface area (Å²) in [5.74, 6) is 0. The number of thiazole rings is 1. The molecule has 0 atom stereocenters. The number of rotatable bonds is 3. The minimum Gasteiger partial charge on any atom is -0.468 e. The van der Waals surface area contributed by atoms with Gasteiger partial charge in [-0.2, -0.15) is 0 Å². The average Bonchev–Trinajstić information content (AvgIpc) is 2.67. The van der Waals surface area contributed by atoms with E-state index < -0.39 is 0 Å². The van der Waals surface area contributed by atoms with Gasteiger partial charge in [0.2, 0.25) is 0 Å². The van der Waals surface area contributed by atoms with Crippen molar-refractivity contribution >= 4 is 11.3 Å². The summed E-state index contributed by atoms with van der Waals surface area (Å²) in [5.41, 5.74) is 1.37. The first-order chi connectivity index (χ1) is 8.10. The van der Waals surface area contributed by atoms with Crippen molar-refractivity contribution < 1.29 is 4.74 Å². The lowest BCUT2D eigenvalue weighted by atomic mass is 10.4. The zero-order valence-electron chi connectivity index (χ0n) is 9.93. The van der Waals surface area contributed by atoms with Crippen LogP contribution in [0.5, 0.6) is 6.01 Å². The minimum atomic E-state index is -0.125. The summed E-state index contributed by atoms with van der Waals surface area (Å²) < 4.78 is 6.59. The van der Waals surface area contributed by atoms with Crippen molar-refractivity contribution in [2.45, 2.75) is 20.4 Å². The summed E-state index contributed by atoms with van der Waals surface area (Å²) in [7, 11) is 1.50. The van der Waals surface area contributed by atoms with E-state index in [0.717, 1.165) is 10.7 Å². The molecular formula is C11H13N3O2S. The Morgan fingerprint density at radius 1 is 1.41 bits per heavy atom. The topological polar surface area (TPSA) is 57.0 Å². The Kier molecular flexibility index (Phi) is 3.23. The lowest BCUT2D eigenvalue weighted by Gasteiger charge is -2.09. The van der Waals surface area contributed by atoms with E-state index in [1.165, 1.54) is 17.7 Å². The van der Waals surface area contributed by atoms with Gasteiger partial charge in [0, 0.05) is 17.1 Å². The van der Waals surface area contributed by atoms with Crippen molar-refractivity contribution in [1.29, 1.82) is 0 Å². The van der Waals surface area contributed by atoms with Gasteiger partial charge in [0.05, 0.1) is 24.4 Å². The van der Waals surface area contributed by atoms with E-state index in [2.05, 4.69) is 9.97 Å². The largest absolute Gasteiger partial charge is 0.468 e. The Balaban J connectivity index is 2.41. The van der Waals surface area contributed by atoms with Gasteiger partial charge in [-0.25, -0.2) is 9.97 Å². The van der Waals surface area contributed by atoms with E-state index in [1.807, 2.05) is 12.3 Å². The molecule has 0 aliphatic heterocycles. The van der Waals surface area contributed by atoms with Crippen LogP contribution in [0, 0.1) is 13.8 Å². The molecule has 0 amide bonds. The fraction of sp³-hybridized carbons (Fsp3) is 0.364. The minimum absolute atomic E-state index is 0.125. The molecule has 0 aliphatic rings. The number of methoxy groups -OCH3 is 1. The molecule has 0 bridgehead atoms. The summed E-state index contributed by atoms with van der Waals surface area (Å²) in [4.78, 5) is 20.3. The van der Waals surface area contributed by atoms with Crippen molar-refractivity contribution in [1.82, 2.24) is 14.5 Å². The zero-order chi connectivity index (χ0) is 12.4. The van der Waals surface area contributed by atoms with Crippen molar-refractivity contribution in [3.8, 4) is 6.01 Å². The SMILES string of the molecule is COc1nc(C)cc(=O)n1Cc1csc(C)n1. The zero-order valence-corrected chi connectivity index (χ0v) is 10.7. The van der Waals surface area contributed by atoms with E-state index >= 15 is 0 Å². The van der Waals surface area contributed by atoms with Crippen LogP contribution in [0.4, 0.5) is 0 Å². The lowest BCUT2D eigenvalue weighted by Crippen LogP contribution is -2.23. The Bertz CT molecular complexity index is 589. The third-order valence-electron chi connectivity index (χ3n) is 2.27. The van der Waals surface area contributed by atoms with Crippen molar-refractivity contribution in [3.63, 3.8) is 0 Å². The Morgan fingerprint density at radius 2 is 2.18 bits per heavy atom. The molecular weight excluding hydrogens is 238 g/mol. The number of aryl methyl sites for hydroxylation is 2. The van der Waals surface area contributed by atoms with Crippen LogP contribution in [0.25, 0.3) is 0 Å². The third-order valence-corrected chi connectivity index (χ3v) is 3.09. The second-order valence-electron chi connectivity index (χ2n) is 3.67. The van der Waals surface area contributed by atoms with Crippen LogP contribution in [-0.4, -0.2) is 21.6 Å². The molecule has 0 fully saturated rings. The molecule has 2 aromatic heterocycles. The maximum absolute atomic E-state index is 11.8. The maximum atomic E-state index is 11.8. The van der Waals surface area contributed by atoms with Crippen LogP contribution in [0.3, 0.4) is 0 Å². The van der Waals surface area contributed by atoms with Crippen LogP contribution in [-0.2, 0) is 6.54 Å². The van der Waals surface area contributed by atoms with E-state index in [1.54, 1.807) is 18.3 Å². The third kappa shape index (κ3) is 2.52. The Labute approximate surface area is 103 Å². The molecule has 2 aromatic rings. The van der Waals surface area contributed by atoms with Crippen LogP contribution in [0.1, 0.15) is 16.4 Å². The van der Waals surface area contributed by atoms with Gasteiger partial charge in [0.25, 0.3) is 11.6 Å². The molecule has 17 heavy (non-hydrogen) atoms. The van der Waals surface area contributed by atoms with Gasteiger partial charge in [-0.1, -0.05) is 0 Å². The van der Waals surface area contributed by atoms with Gasteiger partial charge in [0.1, 0.15) is 0 Å². The van der Waals surface area contributed by atoms with Crippen molar-refractivity contribution in [3.05, 3.63) is 38.2 Å². The van der Waals surface area contributed by atoms with Gasteiger partial charge < -0.3 is 4.74 Å². The second-order valence-corrected chi connectivity index (χ2v) is 4.73. The summed E-state index contributed by atoms with van der Waals surface area (Å²) in [6, 6.07) is 1.81. The van der Waals surface area contributed by atoms with Gasteiger partial charge in [-0.05, 0) is 13.8 Å². The Morgan fingerprint density at radius 3 is 2.76 bits per heavy atom. The second kappa shape index (κ2) is 4.67. The van der Waals surface area contributed by atoms with E-state index in [-0.39, 0.29) is 5.56 Å². The van der Waals surface area contributed by atoms with E-state index in [9.17, 15) is 4.79 Å². The number of nitrogens with zero attached hydrogens (tertiary/aromatic N) is 3.